The highest BCUT2D eigenvalue weighted by atomic mass is 16.4. The molecule has 1 unspecified atom stereocenters. The first-order valence-electron chi connectivity index (χ1n) is 7.35. The third-order valence-electron chi connectivity index (χ3n) is 3.75. The van der Waals surface area contributed by atoms with Gasteiger partial charge in [-0.05, 0) is 56.4 Å². The summed E-state index contributed by atoms with van der Waals surface area (Å²) in [5.74, 6) is 0. The van der Waals surface area contributed by atoms with E-state index < -0.39 is 6.09 Å². The molecule has 1 aliphatic carbocycles. The smallest absolute Gasteiger partial charge is 0.412 e. The molecule has 0 saturated heterocycles. The number of amides is 1. The number of hydrogen-bond acceptors (Lipinski definition) is 1. The highest BCUT2D eigenvalue weighted by Gasteiger charge is 2.23. The van der Waals surface area contributed by atoms with Crippen LogP contribution in [0.2, 0.25) is 0 Å². The second-order valence-electron chi connectivity index (χ2n) is 5.63. The number of nitrogens with zero attached hydrogens (tertiary/aromatic N) is 1. The number of hydrogen-bond donors (Lipinski definition) is 1. The number of allylic oxidation sites excluding steroid dienone is 1. The summed E-state index contributed by atoms with van der Waals surface area (Å²) in [7, 11) is 0. The molecule has 0 bridgehead atoms. The van der Waals surface area contributed by atoms with Gasteiger partial charge >= 0.3 is 6.09 Å². The van der Waals surface area contributed by atoms with Crippen molar-refractivity contribution in [1.29, 1.82) is 0 Å². The van der Waals surface area contributed by atoms with Gasteiger partial charge < -0.3 is 5.11 Å². The van der Waals surface area contributed by atoms with Crippen molar-refractivity contribution in [3.8, 4) is 0 Å². The molecular weight excluding hydrogens is 250 g/mol. The predicted octanol–water partition coefficient (Wildman–Crippen LogP) is 4.68. The Morgan fingerprint density at radius 1 is 1.15 bits per heavy atom. The molecule has 1 atom stereocenters. The molecule has 3 heteroatoms. The zero-order valence-electron chi connectivity index (χ0n) is 12.3. The van der Waals surface area contributed by atoms with E-state index >= 15 is 0 Å². The average molecular weight is 273 g/mol. The van der Waals surface area contributed by atoms with E-state index in [1.54, 1.807) is 0 Å². The van der Waals surface area contributed by atoms with Gasteiger partial charge in [0.15, 0.2) is 0 Å². The number of benzene rings is 1. The van der Waals surface area contributed by atoms with Crippen molar-refractivity contribution in [2.75, 3.05) is 4.90 Å². The fourth-order valence-electron chi connectivity index (χ4n) is 2.89. The molecule has 0 aromatic heterocycles. The third-order valence-corrected chi connectivity index (χ3v) is 3.75. The van der Waals surface area contributed by atoms with Crippen LogP contribution in [0.5, 0.6) is 0 Å². The Morgan fingerprint density at radius 2 is 1.85 bits per heavy atom. The molecule has 0 spiro atoms. The summed E-state index contributed by atoms with van der Waals surface area (Å²) < 4.78 is 0. The predicted molar refractivity (Wildman–Crippen MR) is 82.4 cm³/mol. The van der Waals surface area contributed by atoms with Crippen molar-refractivity contribution in [3.63, 3.8) is 0 Å². The molecule has 108 valence electrons. The van der Waals surface area contributed by atoms with Crippen LogP contribution in [0, 0.1) is 13.8 Å². The average Bonchev–Trinajstić information content (AvgIpc) is 2.30. The van der Waals surface area contributed by atoms with Crippen LogP contribution in [-0.2, 0) is 0 Å². The Kier molecular flexibility index (Phi) is 4.83. The van der Waals surface area contributed by atoms with Gasteiger partial charge in [-0.1, -0.05) is 31.1 Å². The topological polar surface area (TPSA) is 40.5 Å². The molecule has 1 aromatic carbocycles. The number of rotatable bonds is 2. The van der Waals surface area contributed by atoms with E-state index in [9.17, 15) is 9.90 Å². The van der Waals surface area contributed by atoms with Gasteiger partial charge in [0.05, 0.1) is 6.04 Å². The maximum absolute atomic E-state index is 11.7. The van der Waals surface area contributed by atoms with Crippen molar-refractivity contribution in [2.24, 2.45) is 0 Å². The van der Waals surface area contributed by atoms with Gasteiger partial charge in [-0.25, -0.2) is 4.79 Å². The Hall–Kier alpha value is -1.77. The zero-order valence-corrected chi connectivity index (χ0v) is 12.3. The quantitative estimate of drug-likeness (QED) is 0.795. The number of aryl methyl sites for hydroxylation is 2. The molecule has 1 aliphatic rings. The van der Waals surface area contributed by atoms with Crippen LogP contribution in [0.15, 0.2) is 30.4 Å². The normalized spacial score (nSPS) is 19.2. The van der Waals surface area contributed by atoms with Gasteiger partial charge in [0, 0.05) is 5.69 Å². The fraction of sp³-hybridized carbons (Fsp3) is 0.471. The minimum absolute atomic E-state index is 0.0472. The van der Waals surface area contributed by atoms with Crippen molar-refractivity contribution in [2.45, 2.75) is 52.0 Å². The highest BCUT2D eigenvalue weighted by molar-refractivity contribution is 5.87. The van der Waals surface area contributed by atoms with Crippen LogP contribution in [-0.4, -0.2) is 17.2 Å². The van der Waals surface area contributed by atoms with Crippen LogP contribution < -0.4 is 4.90 Å². The van der Waals surface area contributed by atoms with Gasteiger partial charge in [0.25, 0.3) is 0 Å². The van der Waals surface area contributed by atoms with E-state index in [0.29, 0.717) is 0 Å². The Labute approximate surface area is 120 Å². The number of anilines is 1. The Bertz CT molecular complexity index is 487. The summed E-state index contributed by atoms with van der Waals surface area (Å²) in [5, 5.41) is 9.61. The highest BCUT2D eigenvalue weighted by Crippen LogP contribution is 2.25. The first-order valence-corrected chi connectivity index (χ1v) is 7.35. The van der Waals surface area contributed by atoms with Crippen LogP contribution in [0.3, 0.4) is 0 Å². The lowest BCUT2D eigenvalue weighted by Gasteiger charge is -2.28. The van der Waals surface area contributed by atoms with Crippen LogP contribution >= 0.6 is 0 Å². The first kappa shape index (κ1) is 14.6. The van der Waals surface area contributed by atoms with Gasteiger partial charge in [-0.2, -0.15) is 0 Å². The number of carboxylic acid groups (broad SMARTS) is 1. The van der Waals surface area contributed by atoms with E-state index in [2.05, 4.69) is 18.2 Å². The molecule has 1 N–H and O–H groups in total. The van der Waals surface area contributed by atoms with Gasteiger partial charge in [-0.3, -0.25) is 4.90 Å². The monoisotopic (exact) mass is 273 g/mol. The molecule has 0 fully saturated rings. The summed E-state index contributed by atoms with van der Waals surface area (Å²) in [6.45, 7) is 4.01. The van der Waals surface area contributed by atoms with E-state index in [1.807, 2.05) is 26.0 Å². The molecule has 2 rings (SSSR count). The second kappa shape index (κ2) is 6.60. The lowest BCUT2D eigenvalue weighted by molar-refractivity contribution is 0.199. The van der Waals surface area contributed by atoms with Crippen molar-refractivity contribution in [1.82, 2.24) is 0 Å². The molecule has 0 saturated carbocycles. The molecular formula is C17H23NO2. The largest absolute Gasteiger partial charge is 0.465 e. The molecule has 1 amide bonds. The summed E-state index contributed by atoms with van der Waals surface area (Å²) in [6.07, 6.45) is 8.75. The summed E-state index contributed by atoms with van der Waals surface area (Å²) in [6, 6.07) is 5.92. The maximum Gasteiger partial charge on any atom is 0.412 e. The van der Waals surface area contributed by atoms with Gasteiger partial charge in [-0.15, -0.1) is 0 Å². The minimum Gasteiger partial charge on any atom is -0.465 e. The first-order chi connectivity index (χ1) is 9.58. The van der Waals surface area contributed by atoms with E-state index in [0.717, 1.165) is 36.1 Å². The van der Waals surface area contributed by atoms with E-state index in [4.69, 9.17) is 0 Å². The minimum atomic E-state index is -0.870. The Morgan fingerprint density at radius 3 is 2.50 bits per heavy atom. The molecule has 1 aromatic rings. The van der Waals surface area contributed by atoms with E-state index in [1.165, 1.54) is 17.7 Å². The lowest BCUT2D eigenvalue weighted by atomic mass is 10.0. The van der Waals surface area contributed by atoms with E-state index in [-0.39, 0.29) is 6.04 Å². The molecule has 3 nitrogen and oxygen atoms in total. The number of carbonyl (C=O) groups is 1. The summed E-state index contributed by atoms with van der Waals surface area (Å²) in [5.41, 5.74) is 2.98. The van der Waals surface area contributed by atoms with Crippen molar-refractivity contribution in [3.05, 3.63) is 41.5 Å². The van der Waals surface area contributed by atoms with Gasteiger partial charge in [0.1, 0.15) is 0 Å². The second-order valence-corrected chi connectivity index (χ2v) is 5.63. The molecule has 0 heterocycles. The Balaban J connectivity index is 2.34. The van der Waals surface area contributed by atoms with Crippen LogP contribution in [0.4, 0.5) is 10.5 Å². The van der Waals surface area contributed by atoms with Crippen molar-refractivity contribution < 1.29 is 9.90 Å². The van der Waals surface area contributed by atoms with Crippen LogP contribution in [0.1, 0.15) is 43.2 Å². The third kappa shape index (κ3) is 3.62. The molecule has 20 heavy (non-hydrogen) atoms. The zero-order chi connectivity index (χ0) is 14.5. The van der Waals surface area contributed by atoms with Crippen molar-refractivity contribution >= 4 is 11.8 Å². The SMILES string of the molecule is Cc1cc(C)cc(N(C(=O)O)C2C=CCCCCC2)c1. The molecule has 0 radical (unpaired) electrons. The lowest BCUT2D eigenvalue weighted by Crippen LogP contribution is -2.38. The maximum atomic E-state index is 11.7. The standard InChI is InChI=1S/C17H23NO2/c1-13-10-14(2)12-16(11-13)18(17(19)20)15-8-6-4-3-5-7-9-15/h6,8,10-12,15H,3-5,7,9H2,1-2H3,(H,19,20). The summed E-state index contributed by atoms with van der Waals surface area (Å²) >= 11 is 0. The van der Waals surface area contributed by atoms with Crippen LogP contribution in [0.25, 0.3) is 0 Å². The summed E-state index contributed by atoms with van der Waals surface area (Å²) in [4.78, 5) is 13.2. The fourth-order valence-corrected chi connectivity index (χ4v) is 2.89. The molecule has 0 aliphatic heterocycles. The van der Waals surface area contributed by atoms with Gasteiger partial charge in [0.2, 0.25) is 0 Å².